The zero-order valence-corrected chi connectivity index (χ0v) is 24.0. The maximum Gasteiger partial charge on any atom is 0.472 e. The minimum absolute atomic E-state index is 0. The highest BCUT2D eigenvalue weighted by atomic mass is 31.2. The molecule has 0 aromatic rings. The molecule has 35 heavy (non-hydrogen) atoms. The van der Waals surface area contributed by atoms with E-state index >= 15 is 0 Å². The van der Waals surface area contributed by atoms with E-state index in [1.54, 1.807) is 0 Å². The van der Waals surface area contributed by atoms with Crippen LogP contribution in [-0.2, 0) is 23.1 Å². The van der Waals surface area contributed by atoms with Crippen LogP contribution in [0.3, 0.4) is 0 Å². The van der Waals surface area contributed by atoms with Gasteiger partial charge in [-0.3, -0.25) is 9.05 Å². The number of quaternary nitrogens is 1. The lowest BCUT2D eigenvalue weighted by Crippen LogP contribution is -2.37. The number of nitrogens with zero attached hydrogens (tertiary/aromatic N) is 1. The van der Waals surface area contributed by atoms with Crippen molar-refractivity contribution < 1.29 is 37.9 Å². The molecule has 1 heterocycles. The second kappa shape index (κ2) is 20.9. The summed E-state index contributed by atoms with van der Waals surface area (Å²) in [6, 6.07) is 0. The molecule has 0 amide bonds. The molecule has 1 rings (SSSR count). The number of rotatable bonds is 23. The van der Waals surface area contributed by atoms with Crippen LogP contribution in [0.2, 0.25) is 0 Å². The molecule has 0 saturated carbocycles. The molecule has 0 aromatic heterocycles. The van der Waals surface area contributed by atoms with Crippen LogP contribution in [0, 0.1) is 0 Å². The summed E-state index contributed by atoms with van der Waals surface area (Å²) in [6.45, 7) is 3.46. The molecule has 3 atom stereocenters. The average molecular weight is 526 g/mol. The molecule has 0 radical (unpaired) electrons. The SMILES string of the molecule is CCCCCCCCCCCCCCCCC[C@@H]1OC[C@@H](COP(=O)(O)OCC[N+](C)(C)C)O1.[OH-]. The summed E-state index contributed by atoms with van der Waals surface area (Å²) in [5, 5.41) is 0. The molecule has 1 saturated heterocycles. The number of likely N-dealkylation sites (N-methyl/N-ethyl adjacent to an activating group) is 1. The highest BCUT2D eigenvalue weighted by Gasteiger charge is 2.30. The van der Waals surface area contributed by atoms with E-state index in [0.717, 1.165) is 12.8 Å². The van der Waals surface area contributed by atoms with Crippen LogP contribution in [0.15, 0.2) is 0 Å². The van der Waals surface area contributed by atoms with Crippen molar-refractivity contribution in [2.24, 2.45) is 0 Å². The molecule has 0 bridgehead atoms. The summed E-state index contributed by atoms with van der Waals surface area (Å²) in [5.41, 5.74) is 0. The first kappa shape index (κ1) is 35.0. The molecular formula is C26H56NO7P. The van der Waals surface area contributed by atoms with Gasteiger partial charge in [0.15, 0.2) is 6.29 Å². The van der Waals surface area contributed by atoms with Gasteiger partial charge in [0.25, 0.3) is 0 Å². The van der Waals surface area contributed by atoms with Gasteiger partial charge < -0.3 is 24.3 Å². The van der Waals surface area contributed by atoms with Crippen LogP contribution in [0.1, 0.15) is 110 Å². The van der Waals surface area contributed by atoms with E-state index in [0.29, 0.717) is 17.6 Å². The first-order valence-corrected chi connectivity index (χ1v) is 15.4. The van der Waals surface area contributed by atoms with E-state index in [1.165, 1.54) is 89.9 Å². The Bertz CT molecular complexity index is 530. The van der Waals surface area contributed by atoms with Crippen LogP contribution in [0.25, 0.3) is 0 Å². The second-order valence-electron chi connectivity index (χ2n) is 10.9. The van der Waals surface area contributed by atoms with Crippen molar-refractivity contribution in [1.82, 2.24) is 0 Å². The predicted octanol–water partition coefficient (Wildman–Crippen LogP) is 6.65. The van der Waals surface area contributed by atoms with Gasteiger partial charge in [0, 0.05) is 0 Å². The maximum atomic E-state index is 12.0. The standard InChI is InChI=1S/C26H54NO6P.H2O/c1-5-6-7-8-9-10-11-12-13-14-15-16-17-18-19-20-26-30-23-25(33-26)24-32-34(28,29)31-22-21-27(2,3)4;/h25-26H,5-24H2,1-4H3;1H2/t25-,26+;/m0./s1. The van der Waals surface area contributed by atoms with Crippen LogP contribution < -0.4 is 0 Å². The van der Waals surface area contributed by atoms with Gasteiger partial charge in [-0.15, -0.1) is 0 Å². The van der Waals surface area contributed by atoms with E-state index in [2.05, 4.69) is 6.92 Å². The molecule has 0 aliphatic carbocycles. The highest BCUT2D eigenvalue weighted by Crippen LogP contribution is 2.43. The lowest BCUT2D eigenvalue weighted by molar-refractivity contribution is -0.870. The second-order valence-corrected chi connectivity index (χ2v) is 12.3. The van der Waals surface area contributed by atoms with Crippen LogP contribution in [0.5, 0.6) is 0 Å². The summed E-state index contributed by atoms with van der Waals surface area (Å²) in [4.78, 5) is 9.80. The third-order valence-electron chi connectivity index (χ3n) is 6.30. The molecule has 1 aliphatic heterocycles. The third-order valence-corrected chi connectivity index (χ3v) is 7.28. The van der Waals surface area contributed by atoms with Gasteiger partial charge in [-0.25, -0.2) is 4.57 Å². The Labute approximate surface area is 215 Å². The zero-order valence-electron chi connectivity index (χ0n) is 23.1. The molecule has 212 valence electrons. The molecule has 2 N–H and O–H groups in total. The molecular weight excluding hydrogens is 469 g/mol. The predicted molar refractivity (Wildman–Crippen MR) is 141 cm³/mol. The highest BCUT2D eigenvalue weighted by molar-refractivity contribution is 7.47. The lowest BCUT2D eigenvalue weighted by atomic mass is 10.0. The normalized spacial score (nSPS) is 20.0. The monoisotopic (exact) mass is 525 g/mol. The number of unbranched alkanes of at least 4 members (excludes halogenated alkanes) is 14. The third kappa shape index (κ3) is 21.7. The van der Waals surface area contributed by atoms with Crippen molar-refractivity contribution >= 4 is 7.82 Å². The molecule has 1 unspecified atom stereocenters. The summed E-state index contributed by atoms with van der Waals surface area (Å²) in [6.07, 6.45) is 20.6. The summed E-state index contributed by atoms with van der Waals surface area (Å²) in [7, 11) is 1.94. The van der Waals surface area contributed by atoms with Gasteiger partial charge in [0.05, 0.1) is 34.4 Å². The van der Waals surface area contributed by atoms with Crippen molar-refractivity contribution in [1.29, 1.82) is 0 Å². The van der Waals surface area contributed by atoms with E-state index in [4.69, 9.17) is 18.5 Å². The maximum absolute atomic E-state index is 12.0. The molecule has 0 aromatic carbocycles. The quantitative estimate of drug-likeness (QED) is 0.0904. The van der Waals surface area contributed by atoms with Crippen molar-refractivity contribution in [2.45, 2.75) is 122 Å². The van der Waals surface area contributed by atoms with Crippen LogP contribution in [-0.4, -0.2) is 74.8 Å². The molecule has 8 nitrogen and oxygen atoms in total. The molecule has 1 fully saturated rings. The van der Waals surface area contributed by atoms with Crippen molar-refractivity contribution in [3.8, 4) is 0 Å². The molecule has 1 aliphatic rings. The van der Waals surface area contributed by atoms with E-state index < -0.39 is 7.82 Å². The largest absolute Gasteiger partial charge is 0.870 e. The van der Waals surface area contributed by atoms with Crippen molar-refractivity contribution in [3.05, 3.63) is 0 Å². The Morgan fingerprint density at radius 1 is 0.829 bits per heavy atom. The summed E-state index contributed by atoms with van der Waals surface area (Å²) >= 11 is 0. The Kier molecular flexibility index (Phi) is 20.9. The average Bonchev–Trinajstić information content (AvgIpc) is 3.22. The zero-order chi connectivity index (χ0) is 25.1. The van der Waals surface area contributed by atoms with E-state index in [9.17, 15) is 9.46 Å². The van der Waals surface area contributed by atoms with E-state index in [1.807, 2.05) is 21.1 Å². The fourth-order valence-electron chi connectivity index (χ4n) is 4.07. The topological polar surface area (TPSA) is 104 Å². The number of ether oxygens (including phenoxy) is 2. The van der Waals surface area contributed by atoms with Gasteiger partial charge >= 0.3 is 7.82 Å². The first-order valence-electron chi connectivity index (χ1n) is 13.9. The summed E-state index contributed by atoms with van der Waals surface area (Å²) in [5.74, 6) is 0. The number of phosphoric acid groups is 1. The van der Waals surface area contributed by atoms with Gasteiger partial charge in [0.1, 0.15) is 19.3 Å². The fourth-order valence-corrected chi connectivity index (χ4v) is 4.82. The van der Waals surface area contributed by atoms with Crippen molar-refractivity contribution in [2.75, 3.05) is 47.5 Å². The number of hydrogen-bond acceptors (Lipinski definition) is 6. The van der Waals surface area contributed by atoms with Crippen LogP contribution >= 0.6 is 7.82 Å². The lowest BCUT2D eigenvalue weighted by Gasteiger charge is -2.24. The fraction of sp³-hybridized carbons (Fsp3) is 1.00. The number of phosphoric ester groups is 1. The minimum Gasteiger partial charge on any atom is -0.870 e. The smallest absolute Gasteiger partial charge is 0.472 e. The number of hydrogen-bond donors (Lipinski definition) is 1. The van der Waals surface area contributed by atoms with Gasteiger partial charge in [0.2, 0.25) is 0 Å². The minimum atomic E-state index is -4.05. The first-order chi connectivity index (χ1) is 16.2. The molecule has 0 spiro atoms. The van der Waals surface area contributed by atoms with Crippen LogP contribution in [0.4, 0.5) is 0 Å². The molecule has 9 heteroatoms. The Balaban J connectivity index is 0.0000116. The Morgan fingerprint density at radius 3 is 1.80 bits per heavy atom. The Hall–Kier alpha value is -0.0500. The van der Waals surface area contributed by atoms with Gasteiger partial charge in [-0.2, -0.15) is 0 Å². The summed E-state index contributed by atoms with van der Waals surface area (Å²) < 4.78 is 34.2. The Morgan fingerprint density at radius 2 is 1.31 bits per heavy atom. The van der Waals surface area contributed by atoms with E-state index in [-0.39, 0.29) is 31.1 Å². The van der Waals surface area contributed by atoms with Crippen molar-refractivity contribution in [3.63, 3.8) is 0 Å². The van der Waals surface area contributed by atoms with Gasteiger partial charge in [-0.1, -0.05) is 96.8 Å². The van der Waals surface area contributed by atoms with Gasteiger partial charge in [-0.05, 0) is 12.8 Å².